The predicted octanol–water partition coefficient (Wildman–Crippen LogP) is 5.56. The number of fused-ring (bicyclic) bond motifs is 3. The van der Waals surface area contributed by atoms with E-state index >= 15 is 0 Å². The number of alkyl halides is 1. The maximum Gasteiger partial charge on any atom is 0.319 e. The third kappa shape index (κ3) is 4.98. The molecular formula is C37H39F2N5O3. The van der Waals surface area contributed by atoms with Crippen molar-refractivity contribution in [1.82, 2.24) is 14.9 Å². The summed E-state index contributed by atoms with van der Waals surface area (Å²) in [6.45, 7) is 5.83. The Bertz CT molecular complexity index is 1920. The van der Waals surface area contributed by atoms with Crippen molar-refractivity contribution in [2.24, 2.45) is 11.1 Å². The van der Waals surface area contributed by atoms with Crippen molar-refractivity contribution in [3.05, 3.63) is 53.8 Å². The molecule has 5 heterocycles. The van der Waals surface area contributed by atoms with Gasteiger partial charge in [0.25, 0.3) is 0 Å². The zero-order valence-electron chi connectivity index (χ0n) is 26.5. The minimum Gasteiger partial charge on any atom is -0.508 e. The number of ether oxygens (including phenoxy) is 2. The van der Waals surface area contributed by atoms with Crippen molar-refractivity contribution in [2.45, 2.75) is 62.9 Å². The van der Waals surface area contributed by atoms with Crippen LogP contribution in [0.3, 0.4) is 0 Å². The van der Waals surface area contributed by atoms with Crippen LogP contribution in [0.1, 0.15) is 44.6 Å². The molecule has 10 heteroatoms. The maximum atomic E-state index is 14.9. The highest BCUT2D eigenvalue weighted by Gasteiger charge is 2.50. The minimum atomic E-state index is -0.862. The Balaban J connectivity index is 1.21. The van der Waals surface area contributed by atoms with E-state index in [2.05, 4.69) is 15.7 Å². The number of nitrogens with two attached hydrogens (primary N) is 1. The van der Waals surface area contributed by atoms with Gasteiger partial charge in [0, 0.05) is 48.3 Å². The number of anilines is 1. The van der Waals surface area contributed by atoms with E-state index in [0.717, 1.165) is 56.5 Å². The van der Waals surface area contributed by atoms with Crippen LogP contribution in [0.4, 0.5) is 14.6 Å². The van der Waals surface area contributed by atoms with Gasteiger partial charge in [-0.1, -0.05) is 18.1 Å². The fourth-order valence-electron chi connectivity index (χ4n) is 8.64. The number of piperidine rings is 1. The number of halogens is 2. The smallest absolute Gasteiger partial charge is 0.319 e. The van der Waals surface area contributed by atoms with Gasteiger partial charge in [-0.25, -0.2) is 8.78 Å². The van der Waals surface area contributed by atoms with Crippen molar-refractivity contribution >= 4 is 27.5 Å². The van der Waals surface area contributed by atoms with Crippen LogP contribution >= 0.6 is 0 Å². The number of phenolic OH excluding ortho intramolecular Hbond substituents is 1. The molecule has 4 atom stereocenters. The number of aromatic hydroxyl groups is 1. The first-order valence-corrected chi connectivity index (χ1v) is 16.6. The fourth-order valence-corrected chi connectivity index (χ4v) is 8.64. The van der Waals surface area contributed by atoms with Gasteiger partial charge < -0.3 is 25.2 Å². The highest BCUT2D eigenvalue weighted by atomic mass is 19.1. The average Bonchev–Trinajstić information content (AvgIpc) is 3.69. The third-order valence-corrected chi connectivity index (χ3v) is 11.3. The zero-order chi connectivity index (χ0) is 32.5. The van der Waals surface area contributed by atoms with E-state index in [0.29, 0.717) is 53.6 Å². The van der Waals surface area contributed by atoms with E-state index in [1.807, 2.05) is 25.1 Å². The van der Waals surface area contributed by atoms with Crippen molar-refractivity contribution in [2.75, 3.05) is 44.3 Å². The summed E-state index contributed by atoms with van der Waals surface area (Å²) in [6.07, 6.45) is 9.04. The number of hydrogen-bond acceptors (Lipinski definition) is 8. The van der Waals surface area contributed by atoms with Crippen LogP contribution in [0.25, 0.3) is 32.8 Å². The van der Waals surface area contributed by atoms with Gasteiger partial charge in [-0.2, -0.15) is 9.97 Å². The molecule has 1 aromatic heterocycles. The van der Waals surface area contributed by atoms with Crippen LogP contribution in [-0.2, 0) is 4.74 Å². The van der Waals surface area contributed by atoms with E-state index in [1.54, 1.807) is 18.2 Å². The number of phenols is 1. The van der Waals surface area contributed by atoms with Gasteiger partial charge in [0.05, 0.1) is 29.3 Å². The lowest BCUT2D eigenvalue weighted by Gasteiger charge is -2.41. The Morgan fingerprint density at radius 3 is 2.72 bits per heavy atom. The first-order valence-electron chi connectivity index (χ1n) is 16.6. The van der Waals surface area contributed by atoms with Crippen LogP contribution in [0, 0.1) is 23.6 Å². The normalized spacial score (nSPS) is 27.1. The van der Waals surface area contributed by atoms with Gasteiger partial charge in [-0.05, 0) is 86.0 Å². The number of nitrogens with zero attached hydrogens (tertiary/aromatic N) is 4. The second-order valence-corrected chi connectivity index (χ2v) is 14.0. The molecule has 0 aliphatic carbocycles. The van der Waals surface area contributed by atoms with Crippen molar-refractivity contribution < 1.29 is 23.4 Å². The largest absolute Gasteiger partial charge is 0.508 e. The molecule has 0 unspecified atom stereocenters. The monoisotopic (exact) mass is 639 g/mol. The zero-order valence-corrected chi connectivity index (χ0v) is 26.5. The molecule has 8 rings (SSSR count). The number of hydrogen-bond donors (Lipinski definition) is 2. The lowest BCUT2D eigenvalue weighted by atomic mass is 9.73. The molecule has 4 saturated heterocycles. The summed E-state index contributed by atoms with van der Waals surface area (Å²) in [4.78, 5) is 14.3. The Morgan fingerprint density at radius 1 is 1.13 bits per heavy atom. The summed E-state index contributed by atoms with van der Waals surface area (Å²) in [5.74, 6) is 2.81. The molecule has 47 heavy (non-hydrogen) atoms. The van der Waals surface area contributed by atoms with Gasteiger partial charge in [-0.15, -0.1) is 6.42 Å². The second kappa shape index (κ2) is 11.3. The molecule has 4 fully saturated rings. The third-order valence-electron chi connectivity index (χ3n) is 11.3. The van der Waals surface area contributed by atoms with E-state index in [-0.39, 0.29) is 40.4 Å². The summed E-state index contributed by atoms with van der Waals surface area (Å²) in [7, 11) is 0. The summed E-state index contributed by atoms with van der Waals surface area (Å²) in [5.41, 5.74) is 8.31. The SMILES string of the molecule is C#Cc1c(F)ccc2cc(O)cc(-c3ccc4c(N5CCC6(CC5)CO[C@@H](C)[C@H]6N)nc(OC[C@@]56CCCN5C[C@H](F)C6)nc4c3)c12. The molecule has 3 N–H and O–H groups in total. The van der Waals surface area contributed by atoms with Crippen molar-refractivity contribution in [1.29, 1.82) is 0 Å². The number of benzene rings is 3. The molecule has 4 aromatic rings. The quantitative estimate of drug-likeness (QED) is 0.274. The molecule has 4 aliphatic heterocycles. The van der Waals surface area contributed by atoms with Crippen LogP contribution in [-0.4, -0.2) is 83.2 Å². The fraction of sp³-hybridized carbons (Fsp3) is 0.459. The Kier molecular flexibility index (Phi) is 7.28. The van der Waals surface area contributed by atoms with Crippen molar-refractivity contribution in [3.63, 3.8) is 0 Å². The van der Waals surface area contributed by atoms with E-state index in [4.69, 9.17) is 31.6 Å². The van der Waals surface area contributed by atoms with Gasteiger partial charge in [0.1, 0.15) is 30.2 Å². The second-order valence-electron chi connectivity index (χ2n) is 14.0. The summed E-state index contributed by atoms with van der Waals surface area (Å²) in [5, 5.41) is 12.6. The van der Waals surface area contributed by atoms with E-state index < -0.39 is 12.0 Å². The highest BCUT2D eigenvalue weighted by molar-refractivity contribution is 6.03. The lowest BCUT2D eigenvalue weighted by molar-refractivity contribution is 0.0973. The minimum absolute atomic E-state index is 0.0116. The van der Waals surface area contributed by atoms with Crippen LogP contribution in [0.15, 0.2) is 42.5 Å². The Labute approximate surface area is 272 Å². The highest BCUT2D eigenvalue weighted by Crippen LogP contribution is 2.44. The van der Waals surface area contributed by atoms with E-state index in [1.165, 1.54) is 6.07 Å². The topological polar surface area (TPSA) is 97.0 Å². The van der Waals surface area contributed by atoms with Crippen molar-refractivity contribution in [3.8, 4) is 35.2 Å². The molecule has 244 valence electrons. The van der Waals surface area contributed by atoms with Gasteiger partial charge >= 0.3 is 6.01 Å². The number of rotatable bonds is 5. The maximum absolute atomic E-state index is 14.9. The number of aromatic nitrogens is 2. The Hall–Kier alpha value is -4.04. The van der Waals surface area contributed by atoms with Crippen LogP contribution in [0.5, 0.6) is 11.8 Å². The molecular weight excluding hydrogens is 600 g/mol. The molecule has 8 nitrogen and oxygen atoms in total. The van der Waals surface area contributed by atoms with E-state index in [9.17, 15) is 13.9 Å². The van der Waals surface area contributed by atoms with Gasteiger partial charge in [-0.3, -0.25) is 4.90 Å². The van der Waals surface area contributed by atoms with Gasteiger partial charge in [0.2, 0.25) is 0 Å². The first-order chi connectivity index (χ1) is 22.7. The van der Waals surface area contributed by atoms with Crippen LogP contribution < -0.4 is 15.4 Å². The molecule has 1 spiro atoms. The summed E-state index contributed by atoms with van der Waals surface area (Å²) in [6, 6.07) is 12.1. The molecule has 0 bridgehead atoms. The molecule has 0 saturated carbocycles. The molecule has 3 aromatic carbocycles. The van der Waals surface area contributed by atoms with Gasteiger partial charge in [0.15, 0.2) is 0 Å². The lowest BCUT2D eigenvalue weighted by Crippen LogP contribution is -2.50. The molecule has 0 amide bonds. The molecule has 4 aliphatic rings. The first kappa shape index (κ1) is 30.3. The summed E-state index contributed by atoms with van der Waals surface area (Å²) < 4.78 is 41.7. The summed E-state index contributed by atoms with van der Waals surface area (Å²) >= 11 is 0. The number of terminal acetylenes is 1. The van der Waals surface area contributed by atoms with Crippen LogP contribution in [0.2, 0.25) is 0 Å². The predicted molar refractivity (Wildman–Crippen MR) is 178 cm³/mol. The average molecular weight is 640 g/mol. The Morgan fingerprint density at radius 2 is 1.96 bits per heavy atom. The molecule has 0 radical (unpaired) electrons. The standard InChI is InChI=1S/C37H39F2N5O3/c1-3-27-30(39)8-6-24-15-26(45)17-29(32(24)27)23-5-7-28-31(16-23)41-35(47-21-37-9-4-12-44(37)19-25(38)18-37)42-34(28)43-13-10-36(11-14-43)20-46-22(2)33(36)40/h1,5-8,15-17,22,25,33,45H,4,9-14,18-21,40H2,2H3/t22-,25+,33+,37-/m0/s1.